The Morgan fingerprint density at radius 3 is 1.70 bits per heavy atom. The van der Waals surface area contributed by atoms with Crippen molar-refractivity contribution in [2.45, 2.75) is 68.7 Å². The normalized spacial score (nSPS) is 10.9. The highest BCUT2D eigenvalue weighted by molar-refractivity contribution is 5.76. The van der Waals surface area contributed by atoms with Gasteiger partial charge >= 0.3 is 0 Å². The number of hydrogen-bond acceptors (Lipinski definition) is 3. The van der Waals surface area contributed by atoms with Gasteiger partial charge in [0.05, 0.1) is 13.2 Å². The molecule has 0 aliphatic rings. The molecule has 3 nitrogen and oxygen atoms in total. The smallest absolute Gasteiger partial charge is 0.130 e. The molecule has 0 aromatic rings. The third-order valence-corrected chi connectivity index (χ3v) is 2.37. The topological polar surface area (TPSA) is 38.3 Å². The van der Waals surface area contributed by atoms with Gasteiger partial charge in [0.2, 0.25) is 0 Å². The Hall–Kier alpha value is -0.410. The fourth-order valence-electron chi connectivity index (χ4n) is 1.86. The summed E-state index contributed by atoms with van der Waals surface area (Å²) in [6.45, 7) is 20.4. The molecule has 0 radical (unpaired) electrons. The third kappa shape index (κ3) is 17.6. The summed E-state index contributed by atoms with van der Waals surface area (Å²) < 4.78 is 5.72. The Bertz CT molecular complexity index is 223. The van der Waals surface area contributed by atoms with E-state index in [1.165, 1.54) is 0 Å². The average molecular weight is 290 g/mol. The van der Waals surface area contributed by atoms with Gasteiger partial charge in [0.15, 0.2) is 0 Å². The second kappa shape index (κ2) is 13.6. The highest BCUT2D eigenvalue weighted by Crippen LogP contribution is 2.22. The number of ketones is 1. The molecule has 0 aromatic carbocycles. The number of ether oxygens (including phenoxy) is 1. The van der Waals surface area contributed by atoms with Gasteiger partial charge in [-0.25, -0.2) is 0 Å². The first-order chi connectivity index (χ1) is 9.18. The second-order valence-corrected chi connectivity index (χ2v) is 6.23. The van der Waals surface area contributed by atoms with Crippen molar-refractivity contribution in [2.24, 2.45) is 10.8 Å². The predicted octanol–water partition coefficient (Wildman–Crippen LogP) is 4.31. The summed E-state index contributed by atoms with van der Waals surface area (Å²) in [6, 6.07) is 0. The van der Waals surface area contributed by atoms with E-state index in [0.717, 1.165) is 13.2 Å². The first-order valence-electron chi connectivity index (χ1n) is 7.90. The minimum absolute atomic E-state index is 0.0540. The molecular weight excluding hydrogens is 250 g/mol. The van der Waals surface area contributed by atoms with E-state index in [-0.39, 0.29) is 16.6 Å². The molecule has 124 valence electrons. The lowest BCUT2D eigenvalue weighted by atomic mass is 9.88. The first kappa shape index (κ1) is 24.6. The highest BCUT2D eigenvalue weighted by Gasteiger charge is 2.23. The van der Waals surface area contributed by atoms with Crippen molar-refractivity contribution in [3.05, 3.63) is 0 Å². The molecule has 0 spiro atoms. The number of rotatable bonds is 8. The van der Waals surface area contributed by atoms with Crippen molar-refractivity contribution in [3.8, 4) is 0 Å². The summed E-state index contributed by atoms with van der Waals surface area (Å²) in [5, 5.41) is 3.15. The summed E-state index contributed by atoms with van der Waals surface area (Å²) in [5.74, 6) is 0.225. The Labute approximate surface area is 127 Å². The molecule has 0 saturated heterocycles. The van der Waals surface area contributed by atoms with Crippen LogP contribution in [0.4, 0.5) is 0 Å². The predicted molar refractivity (Wildman–Crippen MR) is 90.3 cm³/mol. The first-order valence-corrected chi connectivity index (χ1v) is 7.90. The summed E-state index contributed by atoms with van der Waals surface area (Å²) >= 11 is 0. The van der Waals surface area contributed by atoms with E-state index >= 15 is 0 Å². The van der Waals surface area contributed by atoms with Crippen molar-refractivity contribution in [3.63, 3.8) is 0 Å². The average Bonchev–Trinajstić information content (AvgIpc) is 2.31. The Morgan fingerprint density at radius 2 is 1.35 bits per heavy atom. The second-order valence-electron chi connectivity index (χ2n) is 6.23. The van der Waals surface area contributed by atoms with Crippen LogP contribution in [0.15, 0.2) is 0 Å². The number of carbonyl (C=O) groups excluding carboxylic acids is 1. The van der Waals surface area contributed by atoms with E-state index < -0.39 is 0 Å². The fraction of sp³-hybridized carbons (Fsp3) is 0.941. The largest absolute Gasteiger partial charge is 0.380 e. The van der Waals surface area contributed by atoms with Crippen LogP contribution in [0.25, 0.3) is 0 Å². The summed E-state index contributed by atoms with van der Waals surface area (Å²) in [4.78, 5) is 11.1. The zero-order valence-electron chi connectivity index (χ0n) is 15.6. The standard InChI is InChI=1S/C13H27NO2.2C2H6/c1-11(15)7-12(2,3)9-16-10-13(4,5)8-14-6;2*1-2/h14H,7-10H2,1-6H3;2*1-2H3. The number of nitrogens with one attached hydrogen (secondary N) is 1. The SMILES string of the molecule is CC.CC.CNCC(C)(C)COCC(C)(C)CC(C)=O. The molecule has 0 rings (SSSR count). The highest BCUT2D eigenvalue weighted by atomic mass is 16.5. The molecule has 0 atom stereocenters. The maximum atomic E-state index is 11.1. The van der Waals surface area contributed by atoms with Crippen LogP contribution in [0.1, 0.15) is 68.7 Å². The lowest BCUT2D eigenvalue weighted by molar-refractivity contribution is -0.120. The van der Waals surface area contributed by atoms with Crippen molar-refractivity contribution in [1.29, 1.82) is 0 Å². The minimum atomic E-state index is -0.0540. The zero-order valence-corrected chi connectivity index (χ0v) is 15.6. The summed E-state index contributed by atoms with van der Waals surface area (Å²) in [6.07, 6.45) is 0.583. The number of hydrogen-bond donors (Lipinski definition) is 1. The molecule has 0 aliphatic carbocycles. The quantitative estimate of drug-likeness (QED) is 0.723. The van der Waals surface area contributed by atoms with Crippen molar-refractivity contribution >= 4 is 5.78 Å². The van der Waals surface area contributed by atoms with Gasteiger partial charge in [-0.3, -0.25) is 0 Å². The molecule has 0 aromatic heterocycles. The molecule has 0 bridgehead atoms. The maximum Gasteiger partial charge on any atom is 0.130 e. The molecule has 0 saturated carbocycles. The zero-order chi connectivity index (χ0) is 16.8. The van der Waals surface area contributed by atoms with Gasteiger partial charge < -0.3 is 14.8 Å². The molecule has 1 N–H and O–H groups in total. The summed E-state index contributed by atoms with van der Waals surface area (Å²) in [5.41, 5.74) is 0.0859. The van der Waals surface area contributed by atoms with Gasteiger partial charge in [0.25, 0.3) is 0 Å². The monoisotopic (exact) mass is 289 g/mol. The molecule has 0 unspecified atom stereocenters. The van der Waals surface area contributed by atoms with E-state index in [1.807, 2.05) is 34.7 Å². The van der Waals surface area contributed by atoms with Gasteiger partial charge in [-0.1, -0.05) is 55.4 Å². The third-order valence-electron chi connectivity index (χ3n) is 2.37. The van der Waals surface area contributed by atoms with Gasteiger partial charge in [0.1, 0.15) is 5.78 Å². The molecule has 3 heteroatoms. The van der Waals surface area contributed by atoms with Crippen LogP contribution in [0.2, 0.25) is 0 Å². The number of carbonyl (C=O) groups is 1. The van der Waals surface area contributed by atoms with Crippen LogP contribution < -0.4 is 5.32 Å². The van der Waals surface area contributed by atoms with Gasteiger partial charge in [-0.2, -0.15) is 0 Å². The molecular formula is C17H39NO2. The number of Topliss-reactive ketones (excluding diaryl/α,β-unsaturated/α-hetero) is 1. The van der Waals surface area contributed by atoms with Gasteiger partial charge in [-0.05, 0) is 19.4 Å². The van der Waals surface area contributed by atoms with E-state index in [9.17, 15) is 4.79 Å². The maximum absolute atomic E-state index is 11.1. The van der Waals surface area contributed by atoms with Crippen LogP contribution >= 0.6 is 0 Å². The van der Waals surface area contributed by atoms with Crippen LogP contribution in [-0.4, -0.2) is 32.6 Å². The Kier molecular flexibility index (Phi) is 16.7. The Morgan fingerprint density at radius 1 is 0.950 bits per heavy atom. The van der Waals surface area contributed by atoms with E-state index in [1.54, 1.807) is 6.92 Å². The van der Waals surface area contributed by atoms with E-state index in [0.29, 0.717) is 13.0 Å². The lowest BCUT2D eigenvalue weighted by Crippen LogP contribution is -2.33. The van der Waals surface area contributed by atoms with Crippen molar-refractivity contribution in [2.75, 3.05) is 26.8 Å². The minimum Gasteiger partial charge on any atom is -0.380 e. The molecule has 0 aliphatic heterocycles. The van der Waals surface area contributed by atoms with Gasteiger partial charge in [0, 0.05) is 18.4 Å². The molecule has 0 amide bonds. The molecule has 0 heterocycles. The van der Waals surface area contributed by atoms with E-state index in [4.69, 9.17) is 4.74 Å². The van der Waals surface area contributed by atoms with Crippen LogP contribution in [-0.2, 0) is 9.53 Å². The molecule has 20 heavy (non-hydrogen) atoms. The van der Waals surface area contributed by atoms with E-state index in [2.05, 4.69) is 33.0 Å². The van der Waals surface area contributed by atoms with Gasteiger partial charge in [-0.15, -0.1) is 0 Å². The fourth-order valence-corrected chi connectivity index (χ4v) is 1.86. The lowest BCUT2D eigenvalue weighted by Gasteiger charge is -2.28. The van der Waals surface area contributed by atoms with Crippen LogP contribution in [0, 0.1) is 10.8 Å². The van der Waals surface area contributed by atoms with Crippen molar-refractivity contribution in [1.82, 2.24) is 5.32 Å². The molecule has 0 fully saturated rings. The van der Waals surface area contributed by atoms with Crippen molar-refractivity contribution < 1.29 is 9.53 Å². The van der Waals surface area contributed by atoms with Crippen LogP contribution in [0.5, 0.6) is 0 Å². The Balaban J connectivity index is -0.000000656. The van der Waals surface area contributed by atoms with Crippen LogP contribution in [0.3, 0.4) is 0 Å². The summed E-state index contributed by atoms with van der Waals surface area (Å²) in [7, 11) is 1.95.